The lowest BCUT2D eigenvalue weighted by Gasteiger charge is -2.23. The lowest BCUT2D eigenvalue weighted by Crippen LogP contribution is -2.53. The van der Waals surface area contributed by atoms with Gasteiger partial charge in [0.25, 0.3) is 0 Å². The van der Waals surface area contributed by atoms with E-state index in [4.69, 9.17) is 5.73 Å². The molecule has 0 aliphatic rings. The molecule has 1 aromatic rings. The number of amides is 3. The zero-order chi connectivity index (χ0) is 19.1. The molecule has 0 aliphatic heterocycles. The van der Waals surface area contributed by atoms with Gasteiger partial charge in [-0.15, -0.1) is 0 Å². The standard InChI is InChI=1S/C19H29N3O3/c1-11(2)8-17(21-14(5)23)19(25)22-16(18(20)24)10-15-7-6-12(3)13(4)9-15/h6-7,9,11,16-17H,8,10H2,1-5H3,(H2,20,24)(H,21,23)(H,22,25)/t16-,17-/m0/s1. The molecule has 0 unspecified atom stereocenters. The van der Waals surface area contributed by atoms with E-state index in [1.165, 1.54) is 6.92 Å². The van der Waals surface area contributed by atoms with Gasteiger partial charge in [0.2, 0.25) is 17.7 Å². The monoisotopic (exact) mass is 347 g/mol. The Balaban J connectivity index is 2.87. The Morgan fingerprint density at radius 1 is 1.04 bits per heavy atom. The van der Waals surface area contributed by atoms with E-state index >= 15 is 0 Å². The van der Waals surface area contributed by atoms with Gasteiger partial charge in [-0.1, -0.05) is 32.0 Å². The van der Waals surface area contributed by atoms with Crippen molar-refractivity contribution in [2.24, 2.45) is 11.7 Å². The van der Waals surface area contributed by atoms with Crippen molar-refractivity contribution in [2.75, 3.05) is 0 Å². The molecule has 0 saturated heterocycles. The summed E-state index contributed by atoms with van der Waals surface area (Å²) in [5.41, 5.74) is 8.66. The maximum atomic E-state index is 12.5. The summed E-state index contributed by atoms with van der Waals surface area (Å²) in [4.78, 5) is 35.6. The second-order valence-electron chi connectivity index (χ2n) is 6.97. The summed E-state index contributed by atoms with van der Waals surface area (Å²) >= 11 is 0. The van der Waals surface area contributed by atoms with Crippen molar-refractivity contribution in [2.45, 2.75) is 59.5 Å². The molecule has 25 heavy (non-hydrogen) atoms. The third-order valence-corrected chi connectivity index (χ3v) is 4.07. The van der Waals surface area contributed by atoms with Crippen molar-refractivity contribution in [1.82, 2.24) is 10.6 Å². The van der Waals surface area contributed by atoms with Crippen LogP contribution in [0.5, 0.6) is 0 Å². The normalized spacial score (nSPS) is 13.2. The maximum Gasteiger partial charge on any atom is 0.243 e. The van der Waals surface area contributed by atoms with Gasteiger partial charge >= 0.3 is 0 Å². The highest BCUT2D eigenvalue weighted by Crippen LogP contribution is 2.12. The number of nitrogens with two attached hydrogens (primary N) is 1. The molecule has 0 aliphatic carbocycles. The number of nitrogens with one attached hydrogen (secondary N) is 2. The molecule has 2 atom stereocenters. The van der Waals surface area contributed by atoms with Crippen molar-refractivity contribution < 1.29 is 14.4 Å². The largest absolute Gasteiger partial charge is 0.368 e. The zero-order valence-corrected chi connectivity index (χ0v) is 15.7. The molecule has 4 N–H and O–H groups in total. The van der Waals surface area contributed by atoms with Crippen LogP contribution in [0.25, 0.3) is 0 Å². The minimum absolute atomic E-state index is 0.217. The third-order valence-electron chi connectivity index (χ3n) is 4.07. The van der Waals surface area contributed by atoms with Gasteiger partial charge in [-0.05, 0) is 42.9 Å². The van der Waals surface area contributed by atoms with Gasteiger partial charge in [0.15, 0.2) is 0 Å². The first-order chi connectivity index (χ1) is 11.6. The third kappa shape index (κ3) is 6.95. The Labute approximate surface area is 149 Å². The smallest absolute Gasteiger partial charge is 0.243 e. The summed E-state index contributed by atoms with van der Waals surface area (Å²) in [5, 5.41) is 5.31. The van der Waals surface area contributed by atoms with Crippen LogP contribution in [0.3, 0.4) is 0 Å². The van der Waals surface area contributed by atoms with Gasteiger partial charge in [-0.3, -0.25) is 14.4 Å². The Kier molecular flexibility index (Phi) is 7.61. The van der Waals surface area contributed by atoms with Crippen molar-refractivity contribution in [3.8, 4) is 0 Å². The molecule has 0 spiro atoms. The van der Waals surface area contributed by atoms with Gasteiger partial charge in [0, 0.05) is 13.3 Å². The predicted octanol–water partition coefficient (Wildman–Crippen LogP) is 1.37. The van der Waals surface area contributed by atoms with Crippen LogP contribution in [0, 0.1) is 19.8 Å². The van der Waals surface area contributed by atoms with Crippen LogP contribution < -0.4 is 16.4 Å². The number of carbonyl (C=O) groups is 3. The molecule has 0 fully saturated rings. The minimum atomic E-state index is -0.821. The highest BCUT2D eigenvalue weighted by atomic mass is 16.2. The van der Waals surface area contributed by atoms with E-state index in [9.17, 15) is 14.4 Å². The highest BCUT2D eigenvalue weighted by molar-refractivity contribution is 5.91. The van der Waals surface area contributed by atoms with E-state index in [0.29, 0.717) is 12.8 Å². The number of aryl methyl sites for hydroxylation is 2. The van der Waals surface area contributed by atoms with Crippen LogP contribution in [0.1, 0.15) is 43.9 Å². The molecule has 6 heteroatoms. The maximum absolute atomic E-state index is 12.5. The van der Waals surface area contributed by atoms with Crippen molar-refractivity contribution >= 4 is 17.7 Å². The summed E-state index contributed by atoms with van der Waals surface area (Å²) in [5.74, 6) is -1.06. The van der Waals surface area contributed by atoms with E-state index in [2.05, 4.69) is 10.6 Å². The van der Waals surface area contributed by atoms with Gasteiger partial charge in [-0.2, -0.15) is 0 Å². The molecule has 0 saturated carbocycles. The van der Waals surface area contributed by atoms with Crippen LogP contribution >= 0.6 is 0 Å². The average Bonchev–Trinajstić information content (AvgIpc) is 2.48. The molecular formula is C19H29N3O3. The Morgan fingerprint density at radius 2 is 1.68 bits per heavy atom. The average molecular weight is 347 g/mol. The van der Waals surface area contributed by atoms with E-state index in [0.717, 1.165) is 16.7 Å². The zero-order valence-electron chi connectivity index (χ0n) is 15.7. The molecule has 0 heterocycles. The Bertz CT molecular complexity index is 641. The van der Waals surface area contributed by atoms with Crippen molar-refractivity contribution in [3.63, 3.8) is 0 Å². The molecule has 1 aromatic carbocycles. The van der Waals surface area contributed by atoms with Gasteiger partial charge < -0.3 is 16.4 Å². The summed E-state index contributed by atoms with van der Waals surface area (Å²) in [6.07, 6.45) is 0.803. The van der Waals surface area contributed by atoms with Crippen molar-refractivity contribution in [1.29, 1.82) is 0 Å². The van der Waals surface area contributed by atoms with Crippen LogP contribution in [-0.2, 0) is 20.8 Å². The number of carbonyl (C=O) groups excluding carboxylic acids is 3. The van der Waals surface area contributed by atoms with E-state index < -0.39 is 23.9 Å². The summed E-state index contributed by atoms with van der Waals surface area (Å²) in [6, 6.07) is 4.38. The highest BCUT2D eigenvalue weighted by Gasteiger charge is 2.25. The van der Waals surface area contributed by atoms with Gasteiger partial charge in [0.1, 0.15) is 12.1 Å². The molecule has 1 rings (SSSR count). The molecule has 138 valence electrons. The van der Waals surface area contributed by atoms with Gasteiger partial charge in [0.05, 0.1) is 0 Å². The summed E-state index contributed by atoms with van der Waals surface area (Å²) in [7, 11) is 0. The summed E-state index contributed by atoms with van der Waals surface area (Å²) < 4.78 is 0. The first-order valence-electron chi connectivity index (χ1n) is 8.53. The van der Waals surface area contributed by atoms with Gasteiger partial charge in [-0.25, -0.2) is 0 Å². The molecule has 0 bridgehead atoms. The van der Waals surface area contributed by atoms with E-state index in [1.54, 1.807) is 0 Å². The lowest BCUT2D eigenvalue weighted by atomic mass is 9.99. The molecule has 6 nitrogen and oxygen atoms in total. The fourth-order valence-electron chi connectivity index (χ4n) is 2.61. The molecule has 3 amide bonds. The van der Waals surface area contributed by atoms with Crippen LogP contribution in [-0.4, -0.2) is 29.8 Å². The van der Waals surface area contributed by atoms with Crippen LogP contribution in [0.2, 0.25) is 0 Å². The second-order valence-corrected chi connectivity index (χ2v) is 6.97. The number of rotatable bonds is 8. The fraction of sp³-hybridized carbons (Fsp3) is 0.526. The number of primary amides is 1. The number of benzene rings is 1. The fourth-order valence-corrected chi connectivity index (χ4v) is 2.61. The number of hydrogen-bond donors (Lipinski definition) is 3. The second kappa shape index (κ2) is 9.20. The molecule has 0 radical (unpaired) electrons. The van der Waals surface area contributed by atoms with E-state index in [1.807, 2.05) is 45.9 Å². The predicted molar refractivity (Wildman–Crippen MR) is 97.8 cm³/mol. The Hall–Kier alpha value is -2.37. The first kappa shape index (κ1) is 20.7. The Morgan fingerprint density at radius 3 is 2.16 bits per heavy atom. The quantitative estimate of drug-likeness (QED) is 0.662. The van der Waals surface area contributed by atoms with Crippen molar-refractivity contribution in [3.05, 3.63) is 34.9 Å². The minimum Gasteiger partial charge on any atom is -0.368 e. The topological polar surface area (TPSA) is 101 Å². The van der Waals surface area contributed by atoms with E-state index in [-0.39, 0.29) is 11.8 Å². The van der Waals surface area contributed by atoms with Crippen LogP contribution in [0.15, 0.2) is 18.2 Å². The molecule has 0 aromatic heterocycles. The lowest BCUT2D eigenvalue weighted by molar-refractivity contribution is -0.131. The number of hydrogen-bond acceptors (Lipinski definition) is 3. The SMILES string of the molecule is CC(=O)N[C@@H](CC(C)C)C(=O)N[C@@H](Cc1ccc(C)c(C)c1)C(N)=O. The van der Waals surface area contributed by atoms with Crippen LogP contribution in [0.4, 0.5) is 0 Å². The molecular weight excluding hydrogens is 318 g/mol. The first-order valence-corrected chi connectivity index (χ1v) is 8.53. The summed E-state index contributed by atoms with van der Waals surface area (Å²) in [6.45, 7) is 9.29.